The number of hydrogen-bond donors (Lipinski definition) is 2. The first kappa shape index (κ1) is 20.2. The molecule has 0 aliphatic heterocycles. The molecule has 0 unspecified atom stereocenters. The maximum Gasteiger partial charge on any atom is 0.413 e. The lowest BCUT2D eigenvalue weighted by atomic mass is 10.2. The maximum atomic E-state index is 12.4. The summed E-state index contributed by atoms with van der Waals surface area (Å²) in [6, 6.07) is 16.2. The van der Waals surface area contributed by atoms with Crippen molar-refractivity contribution in [1.29, 1.82) is 0 Å². The second-order valence-corrected chi connectivity index (χ2v) is 6.69. The third kappa shape index (κ3) is 5.45. The maximum absolute atomic E-state index is 12.4. The van der Waals surface area contributed by atoms with Crippen molar-refractivity contribution >= 4 is 33.5 Å². The molecule has 8 nitrogen and oxygen atoms in total. The highest BCUT2D eigenvalue weighted by atomic mass is 32.1. The van der Waals surface area contributed by atoms with E-state index in [0.29, 0.717) is 27.3 Å². The summed E-state index contributed by atoms with van der Waals surface area (Å²) in [6.07, 6.45) is -0.640. The highest BCUT2D eigenvalue weighted by molar-refractivity contribution is 7.20. The Balaban J connectivity index is 1.72. The number of hydrogen-bond acceptors (Lipinski definition) is 7. The molecule has 0 aliphatic rings. The first-order valence-corrected chi connectivity index (χ1v) is 9.38. The number of ether oxygens (including phenoxy) is 3. The first-order chi connectivity index (χ1) is 14.1. The van der Waals surface area contributed by atoms with Gasteiger partial charge in [0.05, 0.1) is 14.2 Å². The van der Waals surface area contributed by atoms with Crippen LogP contribution in [-0.2, 0) is 9.53 Å². The van der Waals surface area contributed by atoms with Gasteiger partial charge in [0.25, 0.3) is 5.91 Å². The topological polar surface area (TPSA) is 98.8 Å². The molecule has 3 aromatic rings. The molecule has 3 rings (SSSR count). The number of aromatic nitrogens is 1. The van der Waals surface area contributed by atoms with Gasteiger partial charge in [0.15, 0.2) is 11.7 Å². The van der Waals surface area contributed by atoms with E-state index in [1.54, 1.807) is 31.4 Å². The average molecular weight is 413 g/mol. The number of carbonyl (C=O) groups is 2. The van der Waals surface area contributed by atoms with Crippen LogP contribution in [0, 0.1) is 0 Å². The molecule has 0 atom stereocenters. The second kappa shape index (κ2) is 9.56. The van der Waals surface area contributed by atoms with Crippen molar-refractivity contribution in [3.8, 4) is 22.8 Å². The summed E-state index contributed by atoms with van der Waals surface area (Å²) in [5.41, 5.74) is 1.34. The molecule has 0 spiro atoms. The molecule has 2 N–H and O–H groups in total. The van der Waals surface area contributed by atoms with Crippen molar-refractivity contribution in [2.45, 2.75) is 0 Å². The lowest BCUT2D eigenvalue weighted by Crippen LogP contribution is -2.19. The van der Waals surface area contributed by atoms with E-state index in [9.17, 15) is 9.59 Å². The molecule has 150 valence electrons. The van der Waals surface area contributed by atoms with Crippen LogP contribution in [0.3, 0.4) is 0 Å². The van der Waals surface area contributed by atoms with E-state index in [1.807, 2.05) is 30.3 Å². The van der Waals surface area contributed by atoms with Crippen LogP contribution in [0.25, 0.3) is 11.3 Å². The zero-order chi connectivity index (χ0) is 20.6. The number of benzene rings is 2. The van der Waals surface area contributed by atoms with Crippen LogP contribution in [0.1, 0.15) is 0 Å². The summed E-state index contributed by atoms with van der Waals surface area (Å²) in [6.45, 7) is -0.182. The van der Waals surface area contributed by atoms with Crippen LogP contribution >= 0.6 is 11.3 Å². The molecule has 0 radical (unpaired) electrons. The number of amides is 2. The van der Waals surface area contributed by atoms with E-state index in [2.05, 4.69) is 20.4 Å². The van der Waals surface area contributed by atoms with Gasteiger partial charge >= 0.3 is 6.09 Å². The fraction of sp³-hybridized carbons (Fsp3) is 0.150. The molecule has 29 heavy (non-hydrogen) atoms. The second-order valence-electron chi connectivity index (χ2n) is 5.69. The summed E-state index contributed by atoms with van der Waals surface area (Å²) in [7, 11) is 2.84. The monoisotopic (exact) mass is 413 g/mol. The highest BCUT2D eigenvalue weighted by Gasteiger charge is 2.17. The number of carbonyl (C=O) groups excluding carboxylic acids is 2. The molecule has 1 heterocycles. The number of nitrogens with one attached hydrogen (secondary N) is 2. The zero-order valence-corrected chi connectivity index (χ0v) is 16.6. The van der Waals surface area contributed by atoms with Gasteiger partial charge in [-0.3, -0.25) is 10.1 Å². The van der Waals surface area contributed by atoms with E-state index < -0.39 is 6.09 Å². The number of thiazole rings is 1. The lowest BCUT2D eigenvalue weighted by Gasteiger charge is -2.08. The first-order valence-electron chi connectivity index (χ1n) is 8.57. The highest BCUT2D eigenvalue weighted by Crippen LogP contribution is 2.35. The van der Waals surface area contributed by atoms with Crippen LogP contribution in [-0.4, -0.2) is 37.8 Å². The predicted molar refractivity (Wildman–Crippen MR) is 111 cm³/mol. The third-order valence-electron chi connectivity index (χ3n) is 3.75. The molecule has 1 aromatic heterocycles. The summed E-state index contributed by atoms with van der Waals surface area (Å²) in [5, 5.41) is 6.10. The van der Waals surface area contributed by atoms with Crippen LogP contribution in [0.5, 0.6) is 11.5 Å². The minimum atomic E-state index is -0.640. The normalized spacial score (nSPS) is 10.1. The lowest BCUT2D eigenvalue weighted by molar-refractivity contribution is -0.118. The number of rotatable bonds is 7. The van der Waals surface area contributed by atoms with Gasteiger partial charge in [-0.2, -0.15) is 0 Å². The van der Waals surface area contributed by atoms with E-state index in [-0.39, 0.29) is 12.5 Å². The Morgan fingerprint density at radius 2 is 1.66 bits per heavy atom. The van der Waals surface area contributed by atoms with Gasteiger partial charge in [-0.15, -0.1) is 0 Å². The predicted octanol–water partition coefficient (Wildman–Crippen LogP) is 4.01. The molecule has 2 aromatic carbocycles. The standard InChI is InChI=1S/C20H19N3O5S/c1-26-14-8-10-15(11-9-14)28-12-16(24)21-18-17(13-6-4-3-5-7-13)22-19(29-18)23-20(25)27-2/h3-11H,12H2,1-2H3,(H,21,24)(H,22,23,25). The van der Waals surface area contributed by atoms with Gasteiger partial charge in [-0.1, -0.05) is 41.7 Å². The minimum Gasteiger partial charge on any atom is -0.497 e. The van der Waals surface area contributed by atoms with Crippen LogP contribution in [0.2, 0.25) is 0 Å². The SMILES string of the molecule is COC(=O)Nc1nc(-c2ccccc2)c(NC(=O)COc2ccc(OC)cc2)s1. The number of anilines is 2. The van der Waals surface area contributed by atoms with Crippen LogP contribution in [0.15, 0.2) is 54.6 Å². The summed E-state index contributed by atoms with van der Waals surface area (Å²) in [5.74, 6) is 0.887. The van der Waals surface area contributed by atoms with E-state index >= 15 is 0 Å². The van der Waals surface area contributed by atoms with Crippen molar-refractivity contribution < 1.29 is 23.8 Å². The molecule has 0 aliphatic carbocycles. The Bertz CT molecular complexity index is 974. The van der Waals surface area contributed by atoms with Gasteiger partial charge < -0.3 is 19.5 Å². The summed E-state index contributed by atoms with van der Waals surface area (Å²) in [4.78, 5) is 28.3. The minimum absolute atomic E-state index is 0.182. The van der Waals surface area contributed by atoms with Gasteiger partial charge in [-0.05, 0) is 24.3 Å². The number of nitrogens with zero attached hydrogens (tertiary/aromatic N) is 1. The Hall–Kier alpha value is -3.59. The molecule has 0 bridgehead atoms. The molecule has 0 fully saturated rings. The van der Waals surface area contributed by atoms with Crippen LogP contribution < -0.4 is 20.1 Å². The largest absolute Gasteiger partial charge is 0.497 e. The fourth-order valence-electron chi connectivity index (χ4n) is 2.37. The van der Waals surface area contributed by atoms with Gasteiger partial charge in [-0.25, -0.2) is 9.78 Å². The van der Waals surface area contributed by atoms with Gasteiger partial charge in [0.1, 0.15) is 22.2 Å². The average Bonchev–Trinajstić information content (AvgIpc) is 3.15. The summed E-state index contributed by atoms with van der Waals surface area (Å²) < 4.78 is 15.2. The Morgan fingerprint density at radius 1 is 0.966 bits per heavy atom. The fourth-order valence-corrected chi connectivity index (χ4v) is 3.26. The Kier molecular flexibility index (Phi) is 6.64. The van der Waals surface area contributed by atoms with E-state index in [1.165, 1.54) is 7.11 Å². The van der Waals surface area contributed by atoms with E-state index in [4.69, 9.17) is 9.47 Å². The smallest absolute Gasteiger partial charge is 0.413 e. The molecule has 9 heteroatoms. The molecular formula is C20H19N3O5S. The van der Waals surface area contributed by atoms with Crippen molar-refractivity contribution in [1.82, 2.24) is 4.98 Å². The van der Waals surface area contributed by atoms with Crippen molar-refractivity contribution in [3.05, 3.63) is 54.6 Å². The molecule has 0 saturated carbocycles. The van der Waals surface area contributed by atoms with Crippen molar-refractivity contribution in [3.63, 3.8) is 0 Å². The Morgan fingerprint density at radius 3 is 2.31 bits per heavy atom. The summed E-state index contributed by atoms with van der Waals surface area (Å²) >= 11 is 1.13. The Labute approximate surface area is 171 Å². The van der Waals surface area contributed by atoms with Crippen molar-refractivity contribution in [2.24, 2.45) is 0 Å². The molecular weight excluding hydrogens is 394 g/mol. The third-order valence-corrected chi connectivity index (χ3v) is 4.64. The number of methoxy groups -OCH3 is 2. The van der Waals surface area contributed by atoms with Crippen molar-refractivity contribution in [2.75, 3.05) is 31.5 Å². The quantitative estimate of drug-likeness (QED) is 0.607. The molecule has 2 amide bonds. The van der Waals surface area contributed by atoms with Gasteiger partial charge in [0.2, 0.25) is 0 Å². The van der Waals surface area contributed by atoms with E-state index in [0.717, 1.165) is 16.9 Å². The van der Waals surface area contributed by atoms with Crippen LogP contribution in [0.4, 0.5) is 14.9 Å². The van der Waals surface area contributed by atoms with Gasteiger partial charge in [0, 0.05) is 5.56 Å². The zero-order valence-electron chi connectivity index (χ0n) is 15.8. The molecule has 0 saturated heterocycles.